The molecule has 0 aliphatic carbocycles. The van der Waals surface area contributed by atoms with Crippen LogP contribution in [0.3, 0.4) is 0 Å². The van der Waals surface area contributed by atoms with Crippen LogP contribution in [0.5, 0.6) is 0 Å². The quantitative estimate of drug-likeness (QED) is 0.424. The predicted molar refractivity (Wildman–Crippen MR) is 85.6 cm³/mol. The highest BCUT2D eigenvalue weighted by Gasteiger charge is 1.95. The van der Waals surface area contributed by atoms with Gasteiger partial charge >= 0.3 is 0 Å². The predicted octanol–water partition coefficient (Wildman–Crippen LogP) is 5.91. The molecule has 0 atom stereocenters. The molecule has 0 saturated carbocycles. The van der Waals surface area contributed by atoms with Gasteiger partial charge in [-0.2, -0.15) is 0 Å². The van der Waals surface area contributed by atoms with Crippen LogP contribution in [0.2, 0.25) is 0 Å². The zero-order valence-electron chi connectivity index (χ0n) is 11.9. The Balaban J connectivity index is 1.80. The van der Waals surface area contributed by atoms with Crippen LogP contribution >= 0.6 is 0 Å². The van der Waals surface area contributed by atoms with Crippen molar-refractivity contribution in [2.75, 3.05) is 0 Å². The van der Waals surface area contributed by atoms with Gasteiger partial charge in [0, 0.05) is 0 Å². The van der Waals surface area contributed by atoms with Crippen molar-refractivity contribution < 1.29 is 0 Å². The number of rotatable bonds is 7. The molecule has 0 saturated heterocycles. The van der Waals surface area contributed by atoms with Crippen LogP contribution in [-0.4, -0.2) is 0 Å². The lowest BCUT2D eigenvalue weighted by molar-refractivity contribution is 0.802. The van der Waals surface area contributed by atoms with Crippen LogP contribution in [0.15, 0.2) is 54.6 Å². The molecular formula is C19H24. The highest BCUT2D eigenvalue weighted by atomic mass is 14.0. The standard InChI is InChI=1S/C19H24/c1-2-3-4-5-6-7-8-11-17-14-15-18-12-9-10-13-19(18)16-17/h5-6,9-10,12-16H,2-4,7-8,11H2,1H3/b6-5+. The van der Waals surface area contributed by atoms with E-state index in [1.165, 1.54) is 54.9 Å². The lowest BCUT2D eigenvalue weighted by Crippen LogP contribution is -1.85. The molecule has 0 unspecified atom stereocenters. The Hall–Kier alpha value is -1.56. The van der Waals surface area contributed by atoms with Crippen molar-refractivity contribution in [3.8, 4) is 0 Å². The highest BCUT2D eigenvalue weighted by molar-refractivity contribution is 5.82. The number of hydrogen-bond donors (Lipinski definition) is 0. The third-order valence-corrected chi connectivity index (χ3v) is 3.54. The summed E-state index contributed by atoms with van der Waals surface area (Å²) in [5.41, 5.74) is 1.46. The van der Waals surface area contributed by atoms with E-state index in [0.717, 1.165) is 0 Å². The highest BCUT2D eigenvalue weighted by Crippen LogP contribution is 2.17. The molecule has 2 aromatic carbocycles. The zero-order chi connectivity index (χ0) is 13.3. The number of unbranched alkanes of at least 4 members (excludes halogenated alkanes) is 3. The van der Waals surface area contributed by atoms with E-state index >= 15 is 0 Å². The van der Waals surface area contributed by atoms with Crippen LogP contribution < -0.4 is 0 Å². The summed E-state index contributed by atoms with van der Waals surface area (Å²) in [7, 11) is 0. The van der Waals surface area contributed by atoms with Crippen molar-refractivity contribution in [3.05, 3.63) is 60.2 Å². The lowest BCUT2D eigenvalue weighted by atomic mass is 10.0. The Morgan fingerprint density at radius 3 is 2.37 bits per heavy atom. The summed E-state index contributed by atoms with van der Waals surface area (Å²) in [6.07, 6.45) is 12.2. The van der Waals surface area contributed by atoms with Crippen LogP contribution in [0.25, 0.3) is 10.8 Å². The molecule has 0 aliphatic rings. The van der Waals surface area contributed by atoms with Gasteiger partial charge in [-0.3, -0.25) is 0 Å². The molecule has 0 heterocycles. The molecule has 0 spiro atoms. The maximum absolute atomic E-state index is 2.34. The fraction of sp³-hybridized carbons (Fsp3) is 0.368. The molecule has 0 radical (unpaired) electrons. The molecule has 0 fully saturated rings. The zero-order valence-corrected chi connectivity index (χ0v) is 11.9. The van der Waals surface area contributed by atoms with Gasteiger partial charge in [0.2, 0.25) is 0 Å². The summed E-state index contributed by atoms with van der Waals surface area (Å²) in [5, 5.41) is 2.70. The van der Waals surface area contributed by atoms with Crippen LogP contribution in [-0.2, 0) is 6.42 Å². The molecule has 19 heavy (non-hydrogen) atoms. The molecule has 0 nitrogen and oxygen atoms in total. The summed E-state index contributed by atoms with van der Waals surface area (Å²) in [5.74, 6) is 0. The fourth-order valence-electron chi connectivity index (χ4n) is 2.38. The minimum atomic E-state index is 1.18. The van der Waals surface area contributed by atoms with Crippen molar-refractivity contribution in [3.63, 3.8) is 0 Å². The first-order valence-electron chi connectivity index (χ1n) is 7.53. The first kappa shape index (κ1) is 13.9. The molecule has 0 N–H and O–H groups in total. The summed E-state index contributed by atoms with van der Waals surface area (Å²) in [4.78, 5) is 0. The lowest BCUT2D eigenvalue weighted by Gasteiger charge is -2.02. The first-order valence-corrected chi connectivity index (χ1v) is 7.53. The first-order chi connectivity index (χ1) is 9.40. The van der Waals surface area contributed by atoms with Crippen LogP contribution in [0.1, 0.15) is 44.6 Å². The fourth-order valence-corrected chi connectivity index (χ4v) is 2.38. The average Bonchev–Trinajstić information content (AvgIpc) is 2.46. The van der Waals surface area contributed by atoms with E-state index in [9.17, 15) is 0 Å². The number of aryl methyl sites for hydroxylation is 1. The maximum Gasteiger partial charge on any atom is -0.0181 e. The van der Waals surface area contributed by atoms with Gasteiger partial charge in [-0.25, -0.2) is 0 Å². The molecule has 0 bridgehead atoms. The topological polar surface area (TPSA) is 0 Å². The van der Waals surface area contributed by atoms with E-state index in [0.29, 0.717) is 0 Å². The number of benzene rings is 2. The Bertz CT molecular complexity index is 522. The summed E-state index contributed by atoms with van der Waals surface area (Å²) < 4.78 is 0. The summed E-state index contributed by atoms with van der Waals surface area (Å²) in [6, 6.07) is 15.4. The van der Waals surface area contributed by atoms with Gasteiger partial charge < -0.3 is 0 Å². The largest absolute Gasteiger partial charge is 0.0885 e. The van der Waals surface area contributed by atoms with Gasteiger partial charge in [0.05, 0.1) is 0 Å². The van der Waals surface area contributed by atoms with Crippen molar-refractivity contribution >= 4 is 10.8 Å². The Labute approximate surface area is 117 Å². The third-order valence-electron chi connectivity index (χ3n) is 3.54. The van der Waals surface area contributed by atoms with Gasteiger partial charge in [-0.15, -0.1) is 0 Å². The molecule has 0 amide bonds. The molecule has 2 rings (SSSR count). The smallest absolute Gasteiger partial charge is 0.0181 e. The number of allylic oxidation sites excluding steroid dienone is 2. The second kappa shape index (κ2) is 7.78. The molecule has 0 aromatic heterocycles. The van der Waals surface area contributed by atoms with Crippen LogP contribution in [0, 0.1) is 0 Å². The Morgan fingerprint density at radius 2 is 1.58 bits per heavy atom. The van der Waals surface area contributed by atoms with Crippen molar-refractivity contribution in [2.24, 2.45) is 0 Å². The molecule has 2 aromatic rings. The average molecular weight is 252 g/mol. The summed E-state index contributed by atoms with van der Waals surface area (Å²) >= 11 is 0. The molecular weight excluding hydrogens is 228 g/mol. The summed E-state index contributed by atoms with van der Waals surface area (Å²) in [6.45, 7) is 2.24. The molecule has 0 heteroatoms. The van der Waals surface area contributed by atoms with E-state index in [1.807, 2.05) is 0 Å². The second-order valence-corrected chi connectivity index (χ2v) is 5.19. The van der Waals surface area contributed by atoms with Gasteiger partial charge in [-0.1, -0.05) is 74.4 Å². The van der Waals surface area contributed by atoms with E-state index in [1.54, 1.807) is 0 Å². The minimum Gasteiger partial charge on any atom is -0.0885 e. The van der Waals surface area contributed by atoms with Gasteiger partial charge in [-0.05, 0) is 42.0 Å². The molecule has 0 aliphatic heterocycles. The monoisotopic (exact) mass is 252 g/mol. The van der Waals surface area contributed by atoms with E-state index in [2.05, 4.69) is 61.5 Å². The van der Waals surface area contributed by atoms with Crippen molar-refractivity contribution in [1.82, 2.24) is 0 Å². The maximum atomic E-state index is 2.34. The van der Waals surface area contributed by atoms with Gasteiger partial charge in [0.25, 0.3) is 0 Å². The van der Waals surface area contributed by atoms with Crippen molar-refractivity contribution in [2.45, 2.75) is 45.4 Å². The van der Waals surface area contributed by atoms with Gasteiger partial charge in [0.15, 0.2) is 0 Å². The minimum absolute atomic E-state index is 1.18. The SMILES string of the molecule is CCCC/C=C/CCCc1ccc2ccccc2c1. The number of fused-ring (bicyclic) bond motifs is 1. The molecule has 100 valence electrons. The number of hydrogen-bond acceptors (Lipinski definition) is 0. The van der Waals surface area contributed by atoms with Crippen LogP contribution in [0.4, 0.5) is 0 Å². The van der Waals surface area contributed by atoms with E-state index in [4.69, 9.17) is 0 Å². The Morgan fingerprint density at radius 1 is 0.842 bits per heavy atom. The van der Waals surface area contributed by atoms with E-state index < -0.39 is 0 Å². The second-order valence-electron chi connectivity index (χ2n) is 5.19. The Kier molecular flexibility index (Phi) is 5.68. The van der Waals surface area contributed by atoms with Gasteiger partial charge in [0.1, 0.15) is 0 Å². The normalized spacial score (nSPS) is 11.4. The third kappa shape index (κ3) is 4.55. The van der Waals surface area contributed by atoms with Crippen molar-refractivity contribution in [1.29, 1.82) is 0 Å². The van der Waals surface area contributed by atoms with E-state index in [-0.39, 0.29) is 0 Å².